The predicted molar refractivity (Wildman–Crippen MR) is 108 cm³/mol. The van der Waals surface area contributed by atoms with Gasteiger partial charge in [0.15, 0.2) is 0 Å². The highest BCUT2D eigenvalue weighted by molar-refractivity contribution is 5.94. The summed E-state index contributed by atoms with van der Waals surface area (Å²) in [6.07, 6.45) is 3.67. The molecule has 1 aromatic heterocycles. The highest BCUT2D eigenvalue weighted by atomic mass is 16.1. The minimum Gasteiger partial charge on any atom is -0.350 e. The molecule has 5 nitrogen and oxygen atoms in total. The Labute approximate surface area is 160 Å². The Morgan fingerprint density at radius 1 is 1.15 bits per heavy atom. The van der Waals surface area contributed by atoms with E-state index in [4.69, 9.17) is 0 Å². The number of carbonyl (C=O) groups is 1. The van der Waals surface area contributed by atoms with Crippen molar-refractivity contribution in [1.82, 2.24) is 20.0 Å². The molecule has 0 fully saturated rings. The molecular weight excluding hydrogens is 336 g/mol. The lowest BCUT2D eigenvalue weighted by molar-refractivity contribution is 0.0942. The Bertz CT molecular complexity index is 870. The monoisotopic (exact) mass is 362 g/mol. The van der Waals surface area contributed by atoms with Gasteiger partial charge in [0, 0.05) is 24.5 Å². The fraction of sp³-hybridized carbons (Fsp3) is 0.273. The van der Waals surface area contributed by atoms with Crippen LogP contribution in [0.1, 0.15) is 33.1 Å². The van der Waals surface area contributed by atoms with Crippen molar-refractivity contribution in [3.8, 4) is 0 Å². The first-order valence-corrected chi connectivity index (χ1v) is 9.10. The number of aromatic nitrogens is 2. The molecule has 0 spiro atoms. The number of aryl methyl sites for hydroxylation is 1. The summed E-state index contributed by atoms with van der Waals surface area (Å²) in [6.45, 7) is 3.28. The summed E-state index contributed by atoms with van der Waals surface area (Å²) in [5.74, 6) is -0.0590. The summed E-state index contributed by atoms with van der Waals surface area (Å²) in [5, 5.41) is 7.29. The average Bonchev–Trinajstić information content (AvgIpc) is 3.16. The van der Waals surface area contributed by atoms with E-state index in [-0.39, 0.29) is 11.9 Å². The molecule has 0 aliphatic rings. The third kappa shape index (κ3) is 5.05. The summed E-state index contributed by atoms with van der Waals surface area (Å²) in [4.78, 5) is 14.8. The van der Waals surface area contributed by atoms with Crippen LogP contribution >= 0.6 is 0 Å². The number of amides is 1. The summed E-state index contributed by atoms with van der Waals surface area (Å²) < 4.78 is 1.84. The van der Waals surface area contributed by atoms with Gasteiger partial charge in [-0.05, 0) is 50.3 Å². The number of nitrogens with one attached hydrogen (secondary N) is 1. The molecule has 5 heteroatoms. The third-order valence-corrected chi connectivity index (χ3v) is 4.63. The van der Waals surface area contributed by atoms with Crippen molar-refractivity contribution in [2.75, 3.05) is 20.6 Å². The largest absolute Gasteiger partial charge is 0.350 e. The number of carbonyl (C=O) groups excluding carboxylic acids is 1. The molecule has 1 heterocycles. The zero-order valence-electron chi connectivity index (χ0n) is 16.1. The van der Waals surface area contributed by atoms with E-state index in [1.807, 2.05) is 55.3 Å². The van der Waals surface area contributed by atoms with Crippen LogP contribution in [-0.4, -0.2) is 41.2 Å². The van der Waals surface area contributed by atoms with Crippen molar-refractivity contribution in [2.24, 2.45) is 0 Å². The van der Waals surface area contributed by atoms with Gasteiger partial charge in [0.05, 0.1) is 12.6 Å². The number of hydrogen-bond donors (Lipinski definition) is 1. The fourth-order valence-electron chi connectivity index (χ4n) is 3.07. The van der Waals surface area contributed by atoms with Crippen LogP contribution in [0.25, 0.3) is 0 Å². The molecule has 1 N–H and O–H groups in total. The lowest BCUT2D eigenvalue weighted by atomic mass is 10.0. The summed E-state index contributed by atoms with van der Waals surface area (Å²) >= 11 is 0. The predicted octanol–water partition coefficient (Wildman–Crippen LogP) is 3.27. The Morgan fingerprint density at radius 2 is 1.93 bits per heavy atom. The van der Waals surface area contributed by atoms with Gasteiger partial charge in [0.1, 0.15) is 0 Å². The first kappa shape index (κ1) is 18.9. The van der Waals surface area contributed by atoms with Crippen LogP contribution in [0.5, 0.6) is 0 Å². The van der Waals surface area contributed by atoms with Crippen molar-refractivity contribution in [2.45, 2.75) is 19.5 Å². The molecule has 2 aromatic carbocycles. The molecule has 0 bridgehead atoms. The Hall–Kier alpha value is -2.92. The first-order chi connectivity index (χ1) is 13.0. The van der Waals surface area contributed by atoms with Crippen LogP contribution in [0.4, 0.5) is 0 Å². The molecule has 3 rings (SSSR count). The second kappa shape index (κ2) is 8.64. The Kier molecular flexibility index (Phi) is 6.04. The van der Waals surface area contributed by atoms with Crippen molar-refractivity contribution >= 4 is 5.91 Å². The lowest BCUT2D eigenvalue weighted by Crippen LogP contribution is -2.34. The molecule has 0 aliphatic heterocycles. The zero-order chi connectivity index (χ0) is 19.2. The standard InChI is InChI=1S/C22H26N4O/c1-17-8-10-19(11-9-17)21(25(2)3)15-23-22(27)20-7-4-6-18(14-20)16-26-13-5-12-24-26/h4-14,21H,15-16H2,1-3H3,(H,23,27). The highest BCUT2D eigenvalue weighted by Gasteiger charge is 2.16. The summed E-state index contributed by atoms with van der Waals surface area (Å²) in [7, 11) is 4.06. The number of rotatable bonds is 7. The van der Waals surface area contributed by atoms with Crippen molar-refractivity contribution < 1.29 is 4.79 Å². The first-order valence-electron chi connectivity index (χ1n) is 9.10. The van der Waals surface area contributed by atoms with Gasteiger partial charge in [0.2, 0.25) is 0 Å². The van der Waals surface area contributed by atoms with Crippen LogP contribution in [-0.2, 0) is 6.54 Å². The second-order valence-corrected chi connectivity index (χ2v) is 7.00. The van der Waals surface area contributed by atoms with Crippen LogP contribution in [0.2, 0.25) is 0 Å². The molecule has 0 radical (unpaired) electrons. The van der Waals surface area contributed by atoms with Crippen molar-refractivity contribution in [3.63, 3.8) is 0 Å². The number of nitrogens with zero attached hydrogens (tertiary/aromatic N) is 3. The minimum atomic E-state index is -0.0590. The van der Waals surface area contributed by atoms with Crippen molar-refractivity contribution in [1.29, 1.82) is 0 Å². The van der Waals surface area contributed by atoms with Gasteiger partial charge in [-0.1, -0.05) is 42.0 Å². The maximum atomic E-state index is 12.7. The maximum Gasteiger partial charge on any atom is 0.251 e. The SMILES string of the molecule is Cc1ccc(C(CNC(=O)c2cccc(Cn3cccn3)c2)N(C)C)cc1. The minimum absolute atomic E-state index is 0.0590. The summed E-state index contributed by atoms with van der Waals surface area (Å²) in [6, 6.07) is 18.2. The molecule has 1 amide bonds. The molecule has 3 aromatic rings. The van der Waals surface area contributed by atoms with Crippen molar-refractivity contribution in [3.05, 3.63) is 89.2 Å². The van der Waals surface area contributed by atoms with Gasteiger partial charge >= 0.3 is 0 Å². The van der Waals surface area contributed by atoms with E-state index in [0.29, 0.717) is 18.7 Å². The molecule has 27 heavy (non-hydrogen) atoms. The van der Waals surface area contributed by atoms with Gasteiger partial charge in [-0.15, -0.1) is 0 Å². The van der Waals surface area contributed by atoms with Gasteiger partial charge < -0.3 is 10.2 Å². The number of hydrogen-bond acceptors (Lipinski definition) is 3. The molecule has 0 saturated heterocycles. The van der Waals surface area contributed by atoms with E-state index in [1.54, 1.807) is 6.20 Å². The molecule has 1 atom stereocenters. The molecule has 140 valence electrons. The van der Waals surface area contributed by atoms with E-state index in [2.05, 4.69) is 46.5 Å². The zero-order valence-corrected chi connectivity index (χ0v) is 16.1. The van der Waals surface area contributed by atoms with Crippen LogP contribution in [0, 0.1) is 6.92 Å². The molecular formula is C22H26N4O. The quantitative estimate of drug-likeness (QED) is 0.702. The fourth-order valence-corrected chi connectivity index (χ4v) is 3.07. The Morgan fingerprint density at radius 3 is 2.59 bits per heavy atom. The second-order valence-electron chi connectivity index (χ2n) is 7.00. The topological polar surface area (TPSA) is 50.2 Å². The molecule has 1 unspecified atom stereocenters. The van der Waals surface area contributed by atoms with Crippen LogP contribution < -0.4 is 5.32 Å². The van der Waals surface area contributed by atoms with Crippen LogP contribution in [0.15, 0.2) is 67.0 Å². The van der Waals surface area contributed by atoms with E-state index < -0.39 is 0 Å². The van der Waals surface area contributed by atoms with Gasteiger partial charge in [-0.3, -0.25) is 9.48 Å². The Balaban J connectivity index is 1.66. The molecule has 0 aliphatic carbocycles. The normalized spacial score (nSPS) is 12.1. The smallest absolute Gasteiger partial charge is 0.251 e. The highest BCUT2D eigenvalue weighted by Crippen LogP contribution is 2.18. The van der Waals surface area contributed by atoms with E-state index >= 15 is 0 Å². The molecule has 0 saturated carbocycles. The maximum absolute atomic E-state index is 12.7. The van der Waals surface area contributed by atoms with Crippen LogP contribution in [0.3, 0.4) is 0 Å². The lowest BCUT2D eigenvalue weighted by Gasteiger charge is -2.25. The number of benzene rings is 2. The van der Waals surface area contributed by atoms with Gasteiger partial charge in [0.25, 0.3) is 5.91 Å². The van der Waals surface area contributed by atoms with E-state index in [9.17, 15) is 4.79 Å². The number of likely N-dealkylation sites (N-methyl/N-ethyl adjacent to an activating group) is 1. The van der Waals surface area contributed by atoms with Gasteiger partial charge in [-0.2, -0.15) is 5.10 Å². The summed E-state index contributed by atoms with van der Waals surface area (Å²) in [5.41, 5.74) is 4.14. The van der Waals surface area contributed by atoms with E-state index in [0.717, 1.165) is 5.56 Å². The van der Waals surface area contributed by atoms with E-state index in [1.165, 1.54) is 11.1 Å². The van der Waals surface area contributed by atoms with Gasteiger partial charge in [-0.25, -0.2) is 0 Å². The average molecular weight is 362 g/mol. The third-order valence-electron chi connectivity index (χ3n) is 4.63.